The van der Waals surface area contributed by atoms with E-state index >= 15 is 0 Å². The number of carbonyl (C=O) groups is 2. The minimum atomic E-state index is -0.493. The van der Waals surface area contributed by atoms with E-state index in [9.17, 15) is 9.59 Å². The molecule has 2 aromatic rings. The Morgan fingerprint density at radius 1 is 1.09 bits per heavy atom. The molecule has 0 spiro atoms. The third-order valence-electron chi connectivity index (χ3n) is 2.82. The number of pyridine rings is 1. The maximum Gasteiger partial charge on any atom is 0.274 e. The van der Waals surface area contributed by atoms with E-state index in [1.807, 2.05) is 0 Å². The first kappa shape index (κ1) is 17.0. The van der Waals surface area contributed by atoms with Crippen LogP contribution in [0.25, 0.3) is 0 Å². The molecule has 0 radical (unpaired) electrons. The number of hydrogen-bond acceptors (Lipinski definition) is 3. The molecule has 1 heterocycles. The zero-order valence-corrected chi connectivity index (χ0v) is 13.5. The van der Waals surface area contributed by atoms with Gasteiger partial charge in [-0.15, -0.1) is 6.58 Å². The molecule has 0 saturated heterocycles. The van der Waals surface area contributed by atoms with Crippen LogP contribution in [-0.4, -0.2) is 23.3 Å². The highest BCUT2D eigenvalue weighted by atomic mass is 35.5. The van der Waals surface area contributed by atoms with Gasteiger partial charge >= 0.3 is 0 Å². The third kappa shape index (κ3) is 4.31. The molecule has 1 aromatic heterocycles. The number of hydrogen-bond donors (Lipinski definition) is 2. The lowest BCUT2D eigenvalue weighted by Gasteiger charge is -2.08. The average Bonchev–Trinajstić information content (AvgIpc) is 2.57. The molecule has 0 aliphatic heterocycles. The van der Waals surface area contributed by atoms with Crippen molar-refractivity contribution in [1.82, 2.24) is 10.3 Å². The van der Waals surface area contributed by atoms with Crippen molar-refractivity contribution in [3.05, 3.63) is 70.5 Å². The predicted molar refractivity (Wildman–Crippen MR) is 91.2 cm³/mol. The van der Waals surface area contributed by atoms with Crippen molar-refractivity contribution >= 4 is 40.7 Å². The van der Waals surface area contributed by atoms with Gasteiger partial charge in [0.2, 0.25) is 0 Å². The van der Waals surface area contributed by atoms with Crippen molar-refractivity contribution in [2.24, 2.45) is 0 Å². The van der Waals surface area contributed by atoms with Gasteiger partial charge in [-0.05, 0) is 24.3 Å². The third-order valence-corrected chi connectivity index (χ3v) is 3.64. The Balaban J connectivity index is 2.18. The van der Waals surface area contributed by atoms with Crippen LogP contribution < -0.4 is 10.6 Å². The predicted octanol–water partition coefficient (Wildman–Crippen LogP) is 3.56. The average molecular weight is 350 g/mol. The summed E-state index contributed by atoms with van der Waals surface area (Å²) in [6.45, 7) is 3.83. The van der Waals surface area contributed by atoms with Crippen LogP contribution in [-0.2, 0) is 0 Å². The lowest BCUT2D eigenvalue weighted by atomic mass is 10.2. The van der Waals surface area contributed by atoms with E-state index in [1.54, 1.807) is 30.3 Å². The van der Waals surface area contributed by atoms with Crippen LogP contribution in [0.1, 0.15) is 21.0 Å². The fourth-order valence-corrected chi connectivity index (χ4v) is 2.08. The van der Waals surface area contributed by atoms with Gasteiger partial charge in [-0.2, -0.15) is 0 Å². The molecule has 0 aliphatic rings. The van der Waals surface area contributed by atoms with Gasteiger partial charge in [0, 0.05) is 6.54 Å². The van der Waals surface area contributed by atoms with E-state index in [0.717, 1.165) is 0 Å². The largest absolute Gasteiger partial charge is 0.347 e. The number of benzene rings is 1. The summed E-state index contributed by atoms with van der Waals surface area (Å²) in [5, 5.41) is 5.77. The van der Waals surface area contributed by atoms with Crippen LogP contribution in [0.5, 0.6) is 0 Å². The van der Waals surface area contributed by atoms with Crippen LogP contribution >= 0.6 is 23.2 Å². The van der Waals surface area contributed by atoms with Crippen molar-refractivity contribution in [3.63, 3.8) is 0 Å². The highest BCUT2D eigenvalue weighted by Crippen LogP contribution is 2.29. The normalized spacial score (nSPS) is 10.0. The number of anilines is 1. The van der Waals surface area contributed by atoms with Crippen molar-refractivity contribution in [2.45, 2.75) is 0 Å². The maximum atomic E-state index is 12.2. The molecule has 0 saturated carbocycles. The first-order valence-corrected chi connectivity index (χ1v) is 7.40. The number of halogens is 2. The van der Waals surface area contributed by atoms with Crippen molar-refractivity contribution in [1.29, 1.82) is 0 Å². The first-order valence-electron chi connectivity index (χ1n) is 6.64. The Labute approximate surface area is 143 Å². The topological polar surface area (TPSA) is 71.1 Å². The van der Waals surface area contributed by atoms with Crippen molar-refractivity contribution in [3.8, 4) is 0 Å². The van der Waals surface area contributed by atoms with E-state index in [2.05, 4.69) is 22.2 Å². The minimum absolute atomic E-state index is 0.0901. The van der Waals surface area contributed by atoms with Gasteiger partial charge in [0.15, 0.2) is 0 Å². The SMILES string of the molecule is C=CCNC(=O)c1cccc(C(=O)Nc2cccc(Cl)c2Cl)n1. The van der Waals surface area contributed by atoms with Gasteiger partial charge in [-0.1, -0.05) is 41.4 Å². The van der Waals surface area contributed by atoms with E-state index in [1.165, 1.54) is 12.1 Å². The van der Waals surface area contributed by atoms with E-state index in [0.29, 0.717) is 17.3 Å². The van der Waals surface area contributed by atoms with E-state index in [4.69, 9.17) is 23.2 Å². The standard InChI is InChI=1S/C16H13Cl2N3O2/c1-2-9-19-15(22)12-7-4-8-13(20-12)16(23)21-11-6-3-5-10(17)14(11)18/h2-8H,1,9H2,(H,19,22)(H,21,23). The summed E-state index contributed by atoms with van der Waals surface area (Å²) in [6.07, 6.45) is 1.55. The van der Waals surface area contributed by atoms with Gasteiger partial charge in [0.1, 0.15) is 11.4 Å². The lowest BCUT2D eigenvalue weighted by Crippen LogP contribution is -2.25. The second-order valence-corrected chi connectivity index (χ2v) is 5.25. The Morgan fingerprint density at radius 2 is 1.74 bits per heavy atom. The number of amides is 2. The highest BCUT2D eigenvalue weighted by Gasteiger charge is 2.14. The summed E-state index contributed by atoms with van der Waals surface area (Å²) >= 11 is 11.9. The Morgan fingerprint density at radius 3 is 2.43 bits per heavy atom. The fourth-order valence-electron chi connectivity index (χ4n) is 1.73. The maximum absolute atomic E-state index is 12.2. The van der Waals surface area contributed by atoms with Crippen molar-refractivity contribution < 1.29 is 9.59 Å². The Bertz CT molecular complexity index is 763. The number of rotatable bonds is 5. The Kier molecular flexibility index (Phi) is 5.73. The lowest BCUT2D eigenvalue weighted by molar-refractivity contribution is 0.0953. The molecule has 118 valence electrons. The van der Waals surface area contributed by atoms with Crippen molar-refractivity contribution in [2.75, 3.05) is 11.9 Å². The molecule has 0 aliphatic carbocycles. The first-order chi connectivity index (χ1) is 11.0. The van der Waals surface area contributed by atoms with Gasteiger partial charge in [0.05, 0.1) is 15.7 Å². The molecular formula is C16H13Cl2N3O2. The number of nitrogens with zero attached hydrogens (tertiary/aromatic N) is 1. The van der Waals surface area contributed by atoms with Gasteiger partial charge in [-0.3, -0.25) is 9.59 Å². The van der Waals surface area contributed by atoms with Crippen LogP contribution in [0.2, 0.25) is 10.0 Å². The quantitative estimate of drug-likeness (QED) is 0.810. The molecule has 0 atom stereocenters. The second-order valence-electron chi connectivity index (χ2n) is 4.46. The molecule has 23 heavy (non-hydrogen) atoms. The van der Waals surface area contributed by atoms with Crippen LogP contribution in [0.4, 0.5) is 5.69 Å². The van der Waals surface area contributed by atoms with E-state index in [-0.39, 0.29) is 22.3 Å². The summed E-state index contributed by atoms with van der Waals surface area (Å²) in [7, 11) is 0. The number of carbonyl (C=O) groups excluding carboxylic acids is 2. The summed E-state index contributed by atoms with van der Waals surface area (Å²) in [5.41, 5.74) is 0.594. The van der Waals surface area contributed by atoms with Gasteiger partial charge in [-0.25, -0.2) is 4.98 Å². The minimum Gasteiger partial charge on any atom is -0.347 e. The summed E-state index contributed by atoms with van der Waals surface area (Å²) in [4.78, 5) is 28.1. The summed E-state index contributed by atoms with van der Waals surface area (Å²) in [6, 6.07) is 9.48. The molecule has 5 nitrogen and oxygen atoms in total. The van der Waals surface area contributed by atoms with E-state index < -0.39 is 5.91 Å². The van der Waals surface area contributed by atoms with Crippen LogP contribution in [0.3, 0.4) is 0 Å². The van der Waals surface area contributed by atoms with Gasteiger partial charge < -0.3 is 10.6 Å². The molecule has 0 bridgehead atoms. The summed E-state index contributed by atoms with van der Waals surface area (Å²) in [5.74, 6) is -0.882. The monoisotopic (exact) mass is 349 g/mol. The Hall–Kier alpha value is -2.37. The molecular weight excluding hydrogens is 337 g/mol. The molecule has 0 unspecified atom stereocenters. The number of nitrogens with one attached hydrogen (secondary N) is 2. The molecule has 2 amide bonds. The smallest absolute Gasteiger partial charge is 0.274 e. The molecule has 0 fully saturated rings. The fraction of sp³-hybridized carbons (Fsp3) is 0.0625. The van der Waals surface area contributed by atoms with Gasteiger partial charge in [0.25, 0.3) is 11.8 Å². The van der Waals surface area contributed by atoms with Crippen LogP contribution in [0, 0.1) is 0 Å². The molecule has 1 aromatic carbocycles. The molecule has 2 rings (SSSR count). The summed E-state index contributed by atoms with van der Waals surface area (Å²) < 4.78 is 0. The van der Waals surface area contributed by atoms with Crippen LogP contribution in [0.15, 0.2) is 49.1 Å². The highest BCUT2D eigenvalue weighted by molar-refractivity contribution is 6.44. The molecule has 2 N–H and O–H groups in total. The zero-order chi connectivity index (χ0) is 16.8. The second kappa shape index (κ2) is 7.76. The molecule has 7 heteroatoms. The zero-order valence-electron chi connectivity index (χ0n) is 12.0. The number of aromatic nitrogens is 1.